The largest absolute Gasteiger partial charge is 0.454 e. The number of nitrogens with one attached hydrogen (secondary N) is 2. The Hall–Kier alpha value is -3.28. The molecule has 2 heterocycles. The van der Waals surface area contributed by atoms with E-state index in [1.165, 1.54) is 0 Å². The van der Waals surface area contributed by atoms with E-state index < -0.39 is 0 Å². The Labute approximate surface area is 138 Å². The van der Waals surface area contributed by atoms with E-state index in [1.807, 2.05) is 37.3 Å². The van der Waals surface area contributed by atoms with E-state index in [9.17, 15) is 4.79 Å². The Kier molecular flexibility index (Phi) is 3.42. The highest BCUT2D eigenvalue weighted by Crippen LogP contribution is 2.34. The number of fused-ring (bicyclic) bond motifs is 2. The molecule has 0 saturated carbocycles. The Morgan fingerprint density at radius 1 is 1.04 bits per heavy atom. The van der Waals surface area contributed by atoms with Gasteiger partial charge < -0.3 is 20.1 Å². The number of benzene rings is 2. The number of aromatic nitrogens is 1. The molecule has 24 heavy (non-hydrogen) atoms. The van der Waals surface area contributed by atoms with Crippen molar-refractivity contribution in [1.82, 2.24) is 4.98 Å². The molecule has 120 valence electrons. The molecule has 1 aliphatic heterocycles. The lowest BCUT2D eigenvalue weighted by molar-refractivity contribution is 0.174. The number of ether oxygens (including phenoxy) is 2. The number of para-hydroxylation sites is 1. The SMILES string of the molecule is Cc1cc(NC(=O)Nc2ccc3c(c2)OCO3)c2ccccc2n1. The minimum atomic E-state index is -0.329. The van der Waals surface area contributed by atoms with Crippen LogP contribution in [0.4, 0.5) is 16.2 Å². The van der Waals surface area contributed by atoms with Crippen molar-refractivity contribution in [2.24, 2.45) is 0 Å². The van der Waals surface area contributed by atoms with Crippen LogP contribution < -0.4 is 20.1 Å². The van der Waals surface area contributed by atoms with Gasteiger partial charge in [0.15, 0.2) is 11.5 Å². The first-order valence-electron chi connectivity index (χ1n) is 7.53. The summed E-state index contributed by atoms with van der Waals surface area (Å²) in [5.74, 6) is 1.30. The number of hydrogen-bond acceptors (Lipinski definition) is 4. The highest BCUT2D eigenvalue weighted by atomic mass is 16.7. The van der Waals surface area contributed by atoms with Crippen LogP contribution in [-0.2, 0) is 0 Å². The average Bonchev–Trinajstić information content (AvgIpc) is 3.02. The van der Waals surface area contributed by atoms with Gasteiger partial charge in [-0.1, -0.05) is 18.2 Å². The number of carbonyl (C=O) groups excluding carboxylic acids is 1. The second kappa shape index (κ2) is 5.73. The second-order valence-electron chi connectivity index (χ2n) is 5.48. The molecule has 6 heteroatoms. The zero-order chi connectivity index (χ0) is 16.5. The summed E-state index contributed by atoms with van der Waals surface area (Å²) < 4.78 is 10.6. The topological polar surface area (TPSA) is 72.5 Å². The third-order valence-corrected chi connectivity index (χ3v) is 3.72. The highest BCUT2D eigenvalue weighted by molar-refractivity contribution is 6.05. The number of aryl methyl sites for hydroxylation is 1. The summed E-state index contributed by atoms with van der Waals surface area (Å²) in [7, 11) is 0. The molecule has 0 unspecified atom stereocenters. The molecule has 2 amide bonds. The quantitative estimate of drug-likeness (QED) is 0.750. The average molecular weight is 321 g/mol. The standard InChI is InChI=1S/C18H15N3O3/c1-11-8-15(13-4-2-3-5-14(13)19-11)21-18(22)20-12-6-7-16-17(9-12)24-10-23-16/h2-9H,10H2,1H3,(H2,19,20,21,22). The third-order valence-electron chi connectivity index (χ3n) is 3.72. The van der Waals surface area contributed by atoms with Crippen molar-refractivity contribution in [1.29, 1.82) is 0 Å². The van der Waals surface area contributed by atoms with Gasteiger partial charge >= 0.3 is 6.03 Å². The van der Waals surface area contributed by atoms with E-state index in [0.29, 0.717) is 17.2 Å². The molecule has 0 aliphatic carbocycles. The first-order chi connectivity index (χ1) is 11.7. The molecule has 4 rings (SSSR count). The molecular weight excluding hydrogens is 306 g/mol. The van der Waals surface area contributed by atoms with E-state index in [4.69, 9.17) is 9.47 Å². The first kappa shape index (κ1) is 14.3. The molecule has 3 aromatic rings. The van der Waals surface area contributed by atoms with Gasteiger partial charge in [0.05, 0.1) is 11.2 Å². The number of anilines is 2. The van der Waals surface area contributed by atoms with E-state index in [2.05, 4.69) is 15.6 Å². The molecule has 2 N–H and O–H groups in total. The number of nitrogens with zero attached hydrogens (tertiary/aromatic N) is 1. The maximum atomic E-state index is 12.3. The predicted octanol–water partition coefficient (Wildman–Crippen LogP) is 3.92. The fraction of sp³-hybridized carbons (Fsp3) is 0.111. The fourth-order valence-corrected chi connectivity index (χ4v) is 2.67. The van der Waals surface area contributed by atoms with Crippen molar-refractivity contribution in [3.63, 3.8) is 0 Å². The number of pyridine rings is 1. The lowest BCUT2D eigenvalue weighted by Gasteiger charge is -2.11. The Morgan fingerprint density at radius 2 is 1.88 bits per heavy atom. The summed E-state index contributed by atoms with van der Waals surface area (Å²) >= 11 is 0. The van der Waals surface area contributed by atoms with Gasteiger partial charge in [0.1, 0.15) is 0 Å². The van der Waals surface area contributed by atoms with Gasteiger partial charge in [0.2, 0.25) is 6.79 Å². The molecule has 1 aliphatic rings. The lowest BCUT2D eigenvalue weighted by Crippen LogP contribution is -2.19. The molecule has 1 aromatic heterocycles. The summed E-state index contributed by atoms with van der Waals surface area (Å²) in [6.45, 7) is 2.10. The molecule has 0 saturated heterocycles. The number of hydrogen-bond donors (Lipinski definition) is 2. The normalized spacial score (nSPS) is 12.2. The molecule has 6 nitrogen and oxygen atoms in total. The van der Waals surface area contributed by atoms with Gasteiger partial charge in [-0.25, -0.2) is 4.79 Å². The summed E-state index contributed by atoms with van der Waals surface area (Å²) in [6, 6.07) is 14.5. The Bertz CT molecular complexity index is 940. The summed E-state index contributed by atoms with van der Waals surface area (Å²) in [5.41, 5.74) is 3.03. The number of amides is 2. The molecule has 0 spiro atoms. The van der Waals surface area contributed by atoms with E-state index in [-0.39, 0.29) is 12.8 Å². The second-order valence-corrected chi connectivity index (χ2v) is 5.48. The Morgan fingerprint density at radius 3 is 2.79 bits per heavy atom. The van der Waals surface area contributed by atoms with Crippen molar-refractivity contribution in [2.45, 2.75) is 6.92 Å². The molecule has 2 aromatic carbocycles. The minimum Gasteiger partial charge on any atom is -0.454 e. The predicted molar refractivity (Wildman–Crippen MR) is 91.7 cm³/mol. The van der Waals surface area contributed by atoms with Crippen LogP contribution in [0.5, 0.6) is 11.5 Å². The van der Waals surface area contributed by atoms with Crippen LogP contribution >= 0.6 is 0 Å². The van der Waals surface area contributed by atoms with Crippen molar-refractivity contribution in [2.75, 3.05) is 17.4 Å². The van der Waals surface area contributed by atoms with Crippen LogP contribution in [0.3, 0.4) is 0 Å². The summed E-state index contributed by atoms with van der Waals surface area (Å²) in [4.78, 5) is 16.8. The number of rotatable bonds is 2. The smallest absolute Gasteiger partial charge is 0.323 e. The van der Waals surface area contributed by atoms with Crippen LogP contribution in [0.25, 0.3) is 10.9 Å². The van der Waals surface area contributed by atoms with Crippen molar-refractivity contribution in [3.8, 4) is 11.5 Å². The van der Waals surface area contributed by atoms with Gasteiger partial charge in [0, 0.05) is 22.8 Å². The fourth-order valence-electron chi connectivity index (χ4n) is 2.67. The monoisotopic (exact) mass is 321 g/mol. The van der Waals surface area contributed by atoms with Gasteiger partial charge in [-0.2, -0.15) is 0 Å². The number of carbonyl (C=O) groups is 1. The zero-order valence-electron chi connectivity index (χ0n) is 13.0. The lowest BCUT2D eigenvalue weighted by atomic mass is 10.1. The van der Waals surface area contributed by atoms with Gasteiger partial charge in [0.25, 0.3) is 0 Å². The van der Waals surface area contributed by atoms with E-state index >= 15 is 0 Å². The van der Waals surface area contributed by atoms with Crippen LogP contribution in [0.15, 0.2) is 48.5 Å². The molecule has 0 radical (unpaired) electrons. The van der Waals surface area contributed by atoms with E-state index in [1.54, 1.807) is 18.2 Å². The summed E-state index contributed by atoms with van der Waals surface area (Å²) in [6.07, 6.45) is 0. The van der Waals surface area contributed by atoms with Crippen LogP contribution in [-0.4, -0.2) is 17.8 Å². The molecule has 0 fully saturated rings. The van der Waals surface area contributed by atoms with Gasteiger partial charge in [-0.15, -0.1) is 0 Å². The van der Waals surface area contributed by atoms with Crippen LogP contribution in [0.2, 0.25) is 0 Å². The summed E-state index contributed by atoms with van der Waals surface area (Å²) in [5, 5.41) is 6.57. The van der Waals surface area contributed by atoms with Crippen molar-refractivity contribution in [3.05, 3.63) is 54.2 Å². The molecular formula is C18H15N3O3. The minimum absolute atomic E-state index is 0.202. The number of urea groups is 1. The molecule has 0 bridgehead atoms. The molecule has 0 atom stereocenters. The van der Waals surface area contributed by atoms with E-state index in [0.717, 1.165) is 22.3 Å². The van der Waals surface area contributed by atoms with Crippen molar-refractivity contribution >= 4 is 28.3 Å². The first-order valence-corrected chi connectivity index (χ1v) is 7.53. The van der Waals surface area contributed by atoms with Crippen LogP contribution in [0, 0.1) is 6.92 Å². The maximum Gasteiger partial charge on any atom is 0.323 e. The van der Waals surface area contributed by atoms with Crippen LogP contribution in [0.1, 0.15) is 5.69 Å². The van der Waals surface area contributed by atoms with Gasteiger partial charge in [-0.3, -0.25) is 4.98 Å². The van der Waals surface area contributed by atoms with Crippen molar-refractivity contribution < 1.29 is 14.3 Å². The highest BCUT2D eigenvalue weighted by Gasteiger charge is 2.14. The zero-order valence-corrected chi connectivity index (χ0v) is 13.0. The Balaban J connectivity index is 1.56. The maximum absolute atomic E-state index is 12.3. The van der Waals surface area contributed by atoms with Gasteiger partial charge in [-0.05, 0) is 31.2 Å². The third kappa shape index (κ3) is 2.69.